The van der Waals surface area contributed by atoms with Gasteiger partial charge in [-0.1, -0.05) is 48.7 Å². The molecule has 92 valence electrons. The minimum Gasteiger partial charge on any atom is -0.462 e. The number of allylic oxidation sites excluding steroid dienone is 1. The van der Waals surface area contributed by atoms with Crippen LogP contribution in [0.15, 0.2) is 11.6 Å². The van der Waals surface area contributed by atoms with Crippen molar-refractivity contribution in [3.05, 3.63) is 11.6 Å². The lowest BCUT2D eigenvalue weighted by Crippen LogP contribution is -2.17. The smallest absolute Gasteiger partial charge is 0.341 e. The number of Topliss-reactive ketones (excluding diaryl/α,β-unsaturated/α-hetero) is 1. The molecule has 0 aromatic carbocycles. The SMILES string of the molecule is CC/C=C(/C(=O)CBr)C(=O)OCCCCC. The molecule has 0 heterocycles. The quantitative estimate of drug-likeness (QED) is 0.172. The third-order valence-electron chi connectivity index (χ3n) is 2.03. The van der Waals surface area contributed by atoms with E-state index < -0.39 is 5.97 Å². The van der Waals surface area contributed by atoms with Gasteiger partial charge >= 0.3 is 5.97 Å². The van der Waals surface area contributed by atoms with E-state index in [9.17, 15) is 9.59 Å². The highest BCUT2D eigenvalue weighted by atomic mass is 79.9. The fourth-order valence-electron chi connectivity index (χ4n) is 1.18. The normalized spacial score (nSPS) is 11.3. The number of rotatable bonds is 8. The zero-order chi connectivity index (χ0) is 12.4. The highest BCUT2D eigenvalue weighted by molar-refractivity contribution is 9.09. The van der Waals surface area contributed by atoms with Gasteiger partial charge in [-0.3, -0.25) is 4.79 Å². The van der Waals surface area contributed by atoms with Gasteiger partial charge < -0.3 is 4.74 Å². The molecule has 16 heavy (non-hydrogen) atoms. The predicted octanol–water partition coefficient (Wildman–Crippen LogP) is 3.02. The van der Waals surface area contributed by atoms with Gasteiger partial charge in [0.15, 0.2) is 5.78 Å². The maximum absolute atomic E-state index is 11.6. The molecule has 0 bridgehead atoms. The van der Waals surface area contributed by atoms with E-state index >= 15 is 0 Å². The van der Waals surface area contributed by atoms with Crippen LogP contribution in [0.1, 0.15) is 39.5 Å². The van der Waals surface area contributed by atoms with Crippen LogP contribution >= 0.6 is 15.9 Å². The van der Waals surface area contributed by atoms with Crippen molar-refractivity contribution in [2.75, 3.05) is 11.9 Å². The molecule has 0 unspecified atom stereocenters. The standard InChI is InChI=1S/C12H19BrO3/c1-3-5-6-8-16-12(15)10(7-4-2)11(14)9-13/h7H,3-6,8-9H2,1-2H3/b10-7-. The van der Waals surface area contributed by atoms with Gasteiger partial charge in [-0.25, -0.2) is 4.79 Å². The number of carbonyl (C=O) groups is 2. The number of alkyl halides is 1. The summed E-state index contributed by atoms with van der Waals surface area (Å²) in [5.74, 6) is -0.718. The Balaban J connectivity index is 4.19. The van der Waals surface area contributed by atoms with Gasteiger partial charge in [-0.2, -0.15) is 0 Å². The van der Waals surface area contributed by atoms with E-state index in [2.05, 4.69) is 22.9 Å². The van der Waals surface area contributed by atoms with E-state index in [1.807, 2.05) is 6.92 Å². The van der Waals surface area contributed by atoms with Crippen molar-refractivity contribution in [1.29, 1.82) is 0 Å². The van der Waals surface area contributed by atoms with Crippen LogP contribution < -0.4 is 0 Å². The Morgan fingerprint density at radius 3 is 2.44 bits per heavy atom. The average molecular weight is 291 g/mol. The van der Waals surface area contributed by atoms with Crippen LogP contribution in [-0.4, -0.2) is 23.7 Å². The van der Waals surface area contributed by atoms with Crippen molar-refractivity contribution in [3.63, 3.8) is 0 Å². The summed E-state index contributed by atoms with van der Waals surface area (Å²) in [5.41, 5.74) is 0.163. The van der Waals surface area contributed by atoms with E-state index in [0.29, 0.717) is 13.0 Å². The highest BCUT2D eigenvalue weighted by Gasteiger charge is 2.17. The van der Waals surface area contributed by atoms with E-state index in [1.165, 1.54) is 0 Å². The number of unbranched alkanes of at least 4 members (excludes halogenated alkanes) is 2. The van der Waals surface area contributed by atoms with Crippen molar-refractivity contribution in [2.45, 2.75) is 39.5 Å². The lowest BCUT2D eigenvalue weighted by molar-refractivity contribution is -0.140. The van der Waals surface area contributed by atoms with E-state index in [1.54, 1.807) is 6.08 Å². The molecular weight excluding hydrogens is 272 g/mol. The molecular formula is C12H19BrO3. The Kier molecular flexibility index (Phi) is 9.19. The Morgan fingerprint density at radius 2 is 1.94 bits per heavy atom. The average Bonchev–Trinajstić information content (AvgIpc) is 2.30. The second-order valence-electron chi connectivity index (χ2n) is 3.43. The van der Waals surface area contributed by atoms with Gasteiger partial charge in [0.2, 0.25) is 0 Å². The molecule has 4 heteroatoms. The largest absolute Gasteiger partial charge is 0.462 e. The lowest BCUT2D eigenvalue weighted by Gasteiger charge is -2.06. The first kappa shape index (κ1) is 15.4. The van der Waals surface area contributed by atoms with Crippen molar-refractivity contribution >= 4 is 27.7 Å². The van der Waals surface area contributed by atoms with Crippen LogP contribution in [-0.2, 0) is 14.3 Å². The second-order valence-corrected chi connectivity index (χ2v) is 3.99. The lowest BCUT2D eigenvalue weighted by atomic mass is 10.1. The summed E-state index contributed by atoms with van der Waals surface area (Å²) < 4.78 is 5.03. The van der Waals surface area contributed by atoms with Gasteiger partial charge in [0.05, 0.1) is 17.5 Å². The van der Waals surface area contributed by atoms with Crippen LogP contribution in [0.25, 0.3) is 0 Å². The number of carbonyl (C=O) groups excluding carboxylic acids is 2. The predicted molar refractivity (Wildman–Crippen MR) is 67.7 cm³/mol. The number of ether oxygens (including phenoxy) is 1. The number of ketones is 1. The molecule has 0 radical (unpaired) electrons. The minimum atomic E-state index is -0.498. The number of halogens is 1. The minimum absolute atomic E-state index is 0.156. The Labute approximate surface area is 105 Å². The number of hydrogen-bond donors (Lipinski definition) is 0. The summed E-state index contributed by atoms with van der Waals surface area (Å²) >= 11 is 3.05. The van der Waals surface area contributed by atoms with Crippen LogP contribution in [0.3, 0.4) is 0 Å². The molecule has 3 nitrogen and oxygen atoms in total. The Morgan fingerprint density at radius 1 is 1.25 bits per heavy atom. The third-order valence-corrected chi connectivity index (χ3v) is 2.54. The second kappa shape index (κ2) is 9.58. The number of hydrogen-bond acceptors (Lipinski definition) is 3. The maximum Gasteiger partial charge on any atom is 0.341 e. The zero-order valence-corrected chi connectivity index (χ0v) is 11.5. The molecule has 0 amide bonds. The molecule has 0 aromatic rings. The van der Waals surface area contributed by atoms with Crippen LogP contribution in [0, 0.1) is 0 Å². The molecule has 0 saturated heterocycles. The summed E-state index contributed by atoms with van der Waals surface area (Å²) in [6.07, 6.45) is 5.23. The molecule has 0 aliphatic carbocycles. The van der Waals surface area contributed by atoms with Crippen molar-refractivity contribution < 1.29 is 14.3 Å². The summed E-state index contributed by atoms with van der Waals surface area (Å²) in [4.78, 5) is 23.0. The third kappa shape index (κ3) is 6.05. The Hall–Kier alpha value is -0.640. The Bertz CT molecular complexity index is 259. The van der Waals surface area contributed by atoms with Crippen molar-refractivity contribution in [1.82, 2.24) is 0 Å². The first-order chi connectivity index (χ1) is 7.67. The monoisotopic (exact) mass is 290 g/mol. The molecule has 0 rings (SSSR count). The van der Waals surface area contributed by atoms with Crippen LogP contribution in [0.2, 0.25) is 0 Å². The van der Waals surface area contributed by atoms with Crippen LogP contribution in [0.4, 0.5) is 0 Å². The first-order valence-electron chi connectivity index (χ1n) is 5.63. The molecule has 0 saturated carbocycles. The maximum atomic E-state index is 11.6. The summed E-state index contributed by atoms with van der Waals surface area (Å²) in [7, 11) is 0. The summed E-state index contributed by atoms with van der Waals surface area (Å²) in [6, 6.07) is 0. The van der Waals surface area contributed by atoms with Gasteiger partial charge in [-0.05, 0) is 12.8 Å². The van der Waals surface area contributed by atoms with E-state index in [4.69, 9.17) is 4.74 Å². The fraction of sp³-hybridized carbons (Fsp3) is 0.667. The van der Waals surface area contributed by atoms with Gasteiger partial charge in [-0.15, -0.1) is 0 Å². The molecule has 0 aromatic heterocycles. The highest BCUT2D eigenvalue weighted by Crippen LogP contribution is 2.06. The number of esters is 1. The molecule has 0 fully saturated rings. The van der Waals surface area contributed by atoms with Gasteiger partial charge in [0.1, 0.15) is 0 Å². The summed E-state index contributed by atoms with van der Waals surface area (Å²) in [5, 5.41) is 0.156. The van der Waals surface area contributed by atoms with E-state index in [0.717, 1.165) is 19.3 Å². The molecule has 0 aliphatic heterocycles. The molecule has 0 spiro atoms. The molecule has 0 atom stereocenters. The zero-order valence-electron chi connectivity index (χ0n) is 9.92. The fourth-order valence-corrected chi connectivity index (χ4v) is 1.48. The molecule has 0 aliphatic rings. The van der Waals surface area contributed by atoms with Crippen LogP contribution in [0.5, 0.6) is 0 Å². The van der Waals surface area contributed by atoms with E-state index in [-0.39, 0.29) is 16.7 Å². The van der Waals surface area contributed by atoms with Gasteiger partial charge in [0.25, 0.3) is 0 Å². The molecule has 0 N–H and O–H groups in total. The summed E-state index contributed by atoms with van der Waals surface area (Å²) in [6.45, 7) is 4.35. The van der Waals surface area contributed by atoms with Crippen molar-refractivity contribution in [3.8, 4) is 0 Å². The topological polar surface area (TPSA) is 43.4 Å². The van der Waals surface area contributed by atoms with Crippen molar-refractivity contribution in [2.24, 2.45) is 0 Å². The first-order valence-corrected chi connectivity index (χ1v) is 6.75. The van der Waals surface area contributed by atoms with Gasteiger partial charge in [0, 0.05) is 0 Å².